The Hall–Kier alpha value is -2.98. The molecule has 0 fully saturated rings. The molecule has 0 radical (unpaired) electrons. The molecular formula is C17H15N3O. The molecule has 0 saturated heterocycles. The van der Waals surface area contributed by atoms with Gasteiger partial charge in [0.15, 0.2) is 6.61 Å². The minimum absolute atomic E-state index is 0.0310. The van der Waals surface area contributed by atoms with E-state index in [0.29, 0.717) is 11.3 Å². The van der Waals surface area contributed by atoms with Crippen molar-refractivity contribution in [3.8, 4) is 17.9 Å². The van der Waals surface area contributed by atoms with Crippen LogP contribution in [-0.2, 0) is 0 Å². The molecule has 2 aromatic rings. The molecule has 2 rings (SSSR count). The molecule has 0 saturated carbocycles. The smallest absolute Gasteiger partial charge is 0.174 e. The normalized spacial score (nSPS) is 11.0. The van der Waals surface area contributed by atoms with Crippen molar-refractivity contribution in [2.75, 3.05) is 11.9 Å². The number of ether oxygens (including phenoxy) is 1. The maximum atomic E-state index is 8.94. The zero-order valence-corrected chi connectivity index (χ0v) is 11.7. The molecule has 0 heterocycles. The van der Waals surface area contributed by atoms with Crippen LogP contribution in [0.2, 0.25) is 0 Å². The van der Waals surface area contributed by atoms with Gasteiger partial charge in [-0.15, -0.1) is 0 Å². The summed E-state index contributed by atoms with van der Waals surface area (Å²) in [6.45, 7) is 2.06. The first kappa shape index (κ1) is 14.4. The lowest BCUT2D eigenvalue weighted by molar-refractivity contribution is 0.368. The highest BCUT2D eigenvalue weighted by Crippen LogP contribution is 2.23. The lowest BCUT2D eigenvalue weighted by atomic mass is 10.1. The Balaban J connectivity index is 2.10. The van der Waals surface area contributed by atoms with Crippen molar-refractivity contribution in [1.82, 2.24) is 0 Å². The Morgan fingerprint density at radius 2 is 1.95 bits per heavy atom. The van der Waals surface area contributed by atoms with Crippen molar-refractivity contribution < 1.29 is 4.74 Å². The quantitative estimate of drug-likeness (QED) is 0.906. The van der Waals surface area contributed by atoms with Gasteiger partial charge < -0.3 is 10.1 Å². The van der Waals surface area contributed by atoms with Gasteiger partial charge in [-0.05, 0) is 36.8 Å². The SMILES string of the molecule is CC(Nc1cccc(OCC#N)c1)c1cccc(C#N)c1. The van der Waals surface area contributed by atoms with Crippen LogP contribution in [0.1, 0.15) is 24.1 Å². The van der Waals surface area contributed by atoms with E-state index in [1.54, 1.807) is 6.07 Å². The highest BCUT2D eigenvalue weighted by molar-refractivity contribution is 5.50. The maximum absolute atomic E-state index is 8.94. The van der Waals surface area contributed by atoms with Crippen LogP contribution in [-0.4, -0.2) is 6.61 Å². The van der Waals surface area contributed by atoms with Crippen LogP contribution < -0.4 is 10.1 Å². The van der Waals surface area contributed by atoms with Crippen molar-refractivity contribution in [2.45, 2.75) is 13.0 Å². The molecule has 0 amide bonds. The summed E-state index contributed by atoms with van der Waals surface area (Å²) in [5.41, 5.74) is 2.59. The molecule has 0 aliphatic rings. The molecule has 0 aromatic heterocycles. The van der Waals surface area contributed by atoms with Gasteiger partial charge in [0.1, 0.15) is 11.8 Å². The van der Waals surface area contributed by atoms with E-state index in [1.807, 2.05) is 55.5 Å². The molecule has 0 aliphatic heterocycles. The molecule has 1 atom stereocenters. The fourth-order valence-corrected chi connectivity index (χ4v) is 2.00. The molecule has 1 N–H and O–H groups in total. The fourth-order valence-electron chi connectivity index (χ4n) is 2.00. The van der Waals surface area contributed by atoms with Gasteiger partial charge in [-0.3, -0.25) is 0 Å². The van der Waals surface area contributed by atoms with Gasteiger partial charge in [0, 0.05) is 17.8 Å². The Kier molecular flexibility index (Phi) is 4.79. The van der Waals surface area contributed by atoms with Gasteiger partial charge in [-0.2, -0.15) is 10.5 Å². The van der Waals surface area contributed by atoms with Gasteiger partial charge in [0.25, 0.3) is 0 Å². The molecule has 0 spiro atoms. The minimum Gasteiger partial charge on any atom is -0.479 e. The van der Waals surface area contributed by atoms with E-state index in [0.717, 1.165) is 11.3 Å². The van der Waals surface area contributed by atoms with Crippen LogP contribution >= 0.6 is 0 Å². The number of hydrogen-bond acceptors (Lipinski definition) is 4. The Bertz CT molecular complexity index is 698. The average Bonchev–Trinajstić information content (AvgIpc) is 2.53. The van der Waals surface area contributed by atoms with E-state index in [2.05, 4.69) is 11.4 Å². The second-order valence-electron chi connectivity index (χ2n) is 4.58. The number of nitrogens with one attached hydrogen (secondary N) is 1. The Morgan fingerprint density at radius 3 is 2.71 bits per heavy atom. The van der Waals surface area contributed by atoms with Crippen LogP contribution in [0.5, 0.6) is 5.75 Å². The summed E-state index contributed by atoms with van der Waals surface area (Å²) >= 11 is 0. The van der Waals surface area contributed by atoms with E-state index >= 15 is 0 Å². The maximum Gasteiger partial charge on any atom is 0.174 e. The largest absolute Gasteiger partial charge is 0.479 e. The number of rotatable bonds is 5. The number of hydrogen-bond donors (Lipinski definition) is 1. The first-order valence-electron chi connectivity index (χ1n) is 6.59. The summed E-state index contributed by atoms with van der Waals surface area (Å²) in [5.74, 6) is 0.652. The molecule has 0 aliphatic carbocycles. The molecule has 1 unspecified atom stereocenters. The third kappa shape index (κ3) is 3.99. The predicted molar refractivity (Wildman–Crippen MR) is 80.7 cm³/mol. The van der Waals surface area contributed by atoms with Gasteiger partial charge >= 0.3 is 0 Å². The number of benzene rings is 2. The van der Waals surface area contributed by atoms with Crippen LogP contribution in [0.4, 0.5) is 5.69 Å². The summed E-state index contributed by atoms with van der Waals surface area (Å²) in [6, 6.07) is 19.1. The summed E-state index contributed by atoms with van der Waals surface area (Å²) in [4.78, 5) is 0. The Morgan fingerprint density at radius 1 is 1.14 bits per heavy atom. The van der Waals surface area contributed by atoms with E-state index in [4.69, 9.17) is 15.3 Å². The topological polar surface area (TPSA) is 68.8 Å². The Labute approximate surface area is 124 Å². The van der Waals surface area contributed by atoms with Crippen LogP contribution in [0.15, 0.2) is 48.5 Å². The van der Waals surface area contributed by atoms with E-state index in [9.17, 15) is 0 Å². The summed E-state index contributed by atoms with van der Waals surface area (Å²) < 4.78 is 5.28. The van der Waals surface area contributed by atoms with Crippen molar-refractivity contribution in [1.29, 1.82) is 10.5 Å². The van der Waals surface area contributed by atoms with Gasteiger partial charge in [0.05, 0.1) is 11.6 Å². The van der Waals surface area contributed by atoms with Crippen molar-refractivity contribution in [2.24, 2.45) is 0 Å². The van der Waals surface area contributed by atoms with E-state index in [-0.39, 0.29) is 12.6 Å². The molecule has 0 bridgehead atoms. The zero-order chi connectivity index (χ0) is 15.1. The zero-order valence-electron chi connectivity index (χ0n) is 11.7. The minimum atomic E-state index is 0.0310. The van der Waals surface area contributed by atoms with Crippen LogP contribution in [0.25, 0.3) is 0 Å². The second kappa shape index (κ2) is 6.98. The second-order valence-corrected chi connectivity index (χ2v) is 4.58. The van der Waals surface area contributed by atoms with Crippen molar-refractivity contribution in [3.63, 3.8) is 0 Å². The van der Waals surface area contributed by atoms with E-state index < -0.39 is 0 Å². The molecule has 4 nitrogen and oxygen atoms in total. The van der Waals surface area contributed by atoms with Gasteiger partial charge in [-0.25, -0.2) is 0 Å². The summed E-state index contributed by atoms with van der Waals surface area (Å²) in [5, 5.41) is 20.8. The lowest BCUT2D eigenvalue weighted by Crippen LogP contribution is -2.07. The molecule has 2 aromatic carbocycles. The van der Waals surface area contributed by atoms with Crippen LogP contribution in [0, 0.1) is 22.7 Å². The summed E-state index contributed by atoms with van der Waals surface area (Å²) in [7, 11) is 0. The third-order valence-corrected chi connectivity index (χ3v) is 3.04. The first-order chi connectivity index (χ1) is 10.2. The monoisotopic (exact) mass is 277 g/mol. The number of nitriles is 2. The van der Waals surface area contributed by atoms with Crippen molar-refractivity contribution >= 4 is 5.69 Å². The average molecular weight is 277 g/mol. The first-order valence-corrected chi connectivity index (χ1v) is 6.59. The standard InChI is InChI=1S/C17H15N3O/c1-13(15-5-2-4-14(10-15)12-19)20-16-6-3-7-17(11-16)21-9-8-18/h2-7,10-11,13,20H,9H2,1H3. The lowest BCUT2D eigenvalue weighted by Gasteiger charge is -2.16. The highest BCUT2D eigenvalue weighted by Gasteiger charge is 2.06. The molecular weight excluding hydrogens is 262 g/mol. The van der Waals surface area contributed by atoms with Crippen LogP contribution in [0.3, 0.4) is 0 Å². The third-order valence-electron chi connectivity index (χ3n) is 3.04. The van der Waals surface area contributed by atoms with E-state index in [1.165, 1.54) is 0 Å². The molecule has 4 heteroatoms. The van der Waals surface area contributed by atoms with Gasteiger partial charge in [-0.1, -0.05) is 18.2 Å². The van der Waals surface area contributed by atoms with Crippen molar-refractivity contribution in [3.05, 3.63) is 59.7 Å². The number of anilines is 1. The summed E-state index contributed by atoms with van der Waals surface area (Å²) in [6.07, 6.45) is 0. The molecule has 104 valence electrons. The van der Waals surface area contributed by atoms with Gasteiger partial charge in [0.2, 0.25) is 0 Å². The molecule has 21 heavy (non-hydrogen) atoms. The highest BCUT2D eigenvalue weighted by atomic mass is 16.5. The number of nitrogens with zero attached hydrogens (tertiary/aromatic N) is 2. The predicted octanol–water partition coefficient (Wildman–Crippen LogP) is 3.63. The fraction of sp³-hybridized carbons (Fsp3) is 0.176.